The fourth-order valence-corrected chi connectivity index (χ4v) is 2.33. The van der Waals surface area contributed by atoms with Crippen molar-refractivity contribution in [2.45, 2.75) is 38.3 Å². The molecule has 0 saturated carbocycles. The summed E-state index contributed by atoms with van der Waals surface area (Å²) in [6.07, 6.45) is 1.77. The highest BCUT2D eigenvalue weighted by molar-refractivity contribution is 7.99. The van der Waals surface area contributed by atoms with Gasteiger partial charge in [0.1, 0.15) is 6.04 Å². The molecule has 0 aliphatic heterocycles. The molecule has 6 heteroatoms. The number of thioether (sulfide) groups is 1. The van der Waals surface area contributed by atoms with Crippen molar-refractivity contribution in [3.63, 3.8) is 0 Å². The van der Waals surface area contributed by atoms with Gasteiger partial charge >= 0.3 is 5.97 Å². The third-order valence-electron chi connectivity index (χ3n) is 2.52. The Bertz CT molecular complexity index is 246. The first-order valence-corrected chi connectivity index (χ1v) is 6.64. The van der Waals surface area contributed by atoms with E-state index >= 15 is 0 Å². The lowest BCUT2D eigenvalue weighted by Crippen LogP contribution is -2.36. The number of carbonyl (C=O) groups excluding carboxylic acids is 1. The maximum absolute atomic E-state index is 10.7. The van der Waals surface area contributed by atoms with Gasteiger partial charge in [-0.2, -0.15) is 11.8 Å². The van der Waals surface area contributed by atoms with Crippen molar-refractivity contribution in [3.8, 4) is 0 Å². The molecule has 0 aromatic rings. The molecule has 100 valence electrons. The smallest absolute Gasteiger partial charge is 0.326 e. The van der Waals surface area contributed by atoms with Crippen molar-refractivity contribution in [3.05, 3.63) is 0 Å². The zero-order valence-corrected chi connectivity index (χ0v) is 11.4. The summed E-state index contributed by atoms with van der Waals surface area (Å²) < 4.78 is 5.28. The number of rotatable bonds is 10. The van der Waals surface area contributed by atoms with Crippen LogP contribution in [0.2, 0.25) is 0 Å². The number of hydrogen-bond donors (Lipinski definition) is 2. The highest BCUT2D eigenvalue weighted by atomic mass is 32.2. The largest absolute Gasteiger partial charge is 0.480 e. The molecule has 17 heavy (non-hydrogen) atoms. The number of carbonyl (C=O) groups is 2. The van der Waals surface area contributed by atoms with Crippen LogP contribution in [-0.2, 0) is 14.3 Å². The van der Waals surface area contributed by atoms with Crippen molar-refractivity contribution in [2.75, 3.05) is 18.6 Å². The molecule has 0 bridgehead atoms. The van der Waals surface area contributed by atoms with E-state index < -0.39 is 12.0 Å². The number of amides is 1. The molecule has 0 heterocycles. The highest BCUT2D eigenvalue weighted by Gasteiger charge is 2.17. The number of methoxy groups -OCH3 is 1. The molecule has 0 saturated heterocycles. The molecule has 0 rings (SSSR count). The molecule has 0 fully saturated rings. The van der Waals surface area contributed by atoms with E-state index in [2.05, 4.69) is 5.32 Å². The Balaban J connectivity index is 3.69. The summed E-state index contributed by atoms with van der Waals surface area (Å²) in [7, 11) is 1.68. The molecule has 0 aliphatic rings. The van der Waals surface area contributed by atoms with Gasteiger partial charge in [-0.05, 0) is 38.2 Å². The normalized spacial score (nSPS) is 13.1. The van der Waals surface area contributed by atoms with E-state index in [1.54, 1.807) is 18.9 Å². The average Bonchev–Trinajstić information content (AvgIpc) is 2.27. The Morgan fingerprint density at radius 1 is 1.53 bits per heavy atom. The Hall–Kier alpha value is -0.750. The number of ether oxygens (including phenoxy) is 1. The van der Waals surface area contributed by atoms with Gasteiger partial charge in [0.15, 0.2) is 0 Å². The van der Waals surface area contributed by atoms with E-state index in [1.165, 1.54) is 0 Å². The minimum atomic E-state index is -0.991. The number of aliphatic carboxylic acids is 1. The van der Waals surface area contributed by atoms with Crippen molar-refractivity contribution in [2.24, 2.45) is 0 Å². The topological polar surface area (TPSA) is 75.6 Å². The first-order valence-electron chi connectivity index (χ1n) is 5.48. The summed E-state index contributed by atoms with van der Waals surface area (Å²) >= 11 is 1.67. The van der Waals surface area contributed by atoms with E-state index in [9.17, 15) is 9.59 Å². The lowest BCUT2D eigenvalue weighted by molar-refractivity contribution is -0.140. The van der Waals surface area contributed by atoms with E-state index in [-0.39, 0.29) is 5.60 Å². The van der Waals surface area contributed by atoms with Crippen LogP contribution in [0.5, 0.6) is 0 Å². The van der Waals surface area contributed by atoms with Crippen molar-refractivity contribution in [1.29, 1.82) is 0 Å². The van der Waals surface area contributed by atoms with Gasteiger partial charge in [-0.3, -0.25) is 4.79 Å². The number of hydrogen-bond acceptors (Lipinski definition) is 4. The molecule has 1 atom stereocenters. The van der Waals surface area contributed by atoms with Gasteiger partial charge in [0.25, 0.3) is 0 Å². The van der Waals surface area contributed by atoms with Crippen molar-refractivity contribution in [1.82, 2.24) is 5.32 Å². The maximum atomic E-state index is 10.7. The zero-order valence-electron chi connectivity index (χ0n) is 10.6. The first kappa shape index (κ1) is 16.2. The molecule has 1 unspecified atom stereocenters. The predicted octanol–water partition coefficient (Wildman–Crippen LogP) is 1.12. The van der Waals surface area contributed by atoms with E-state index in [4.69, 9.17) is 9.84 Å². The highest BCUT2D eigenvalue weighted by Crippen LogP contribution is 2.17. The third-order valence-corrected chi connectivity index (χ3v) is 3.54. The van der Waals surface area contributed by atoms with Gasteiger partial charge in [-0.1, -0.05) is 0 Å². The number of carboxylic acids is 1. The second-order valence-electron chi connectivity index (χ2n) is 4.29. The van der Waals surface area contributed by atoms with Gasteiger partial charge in [0.05, 0.1) is 5.60 Å². The van der Waals surface area contributed by atoms with Crippen LogP contribution in [0.15, 0.2) is 0 Å². The quantitative estimate of drug-likeness (QED) is 0.456. The third kappa shape index (κ3) is 8.04. The summed E-state index contributed by atoms with van der Waals surface area (Å²) in [6, 6.07) is -0.782. The van der Waals surface area contributed by atoms with Gasteiger partial charge in [0, 0.05) is 7.11 Å². The van der Waals surface area contributed by atoms with Crippen LogP contribution in [0.1, 0.15) is 26.7 Å². The van der Waals surface area contributed by atoms with Gasteiger partial charge in [-0.15, -0.1) is 0 Å². The minimum absolute atomic E-state index is 0.139. The maximum Gasteiger partial charge on any atom is 0.326 e. The van der Waals surface area contributed by atoms with Gasteiger partial charge in [0.2, 0.25) is 6.41 Å². The summed E-state index contributed by atoms with van der Waals surface area (Å²) in [5.41, 5.74) is -0.139. The molecule has 0 aliphatic carbocycles. The summed E-state index contributed by atoms with van der Waals surface area (Å²) in [6.45, 7) is 4.03. The Labute approximate surface area is 106 Å². The number of carboxylic acid groups (broad SMARTS) is 1. The predicted molar refractivity (Wildman–Crippen MR) is 68.3 cm³/mol. The molecule has 5 nitrogen and oxygen atoms in total. The van der Waals surface area contributed by atoms with Crippen LogP contribution >= 0.6 is 11.8 Å². The standard InChI is InChI=1S/C11H21NO4S/c1-11(2,16-3)5-7-17-6-4-9(10(14)15)12-8-13/h8-9H,4-7H2,1-3H3,(H,12,13)(H,14,15). The lowest BCUT2D eigenvalue weighted by Gasteiger charge is -2.22. The summed E-state index contributed by atoms with van der Waals surface area (Å²) in [5, 5.41) is 11.1. The Morgan fingerprint density at radius 2 is 2.18 bits per heavy atom. The fraction of sp³-hybridized carbons (Fsp3) is 0.818. The van der Waals surface area contributed by atoms with Crippen molar-refractivity contribution >= 4 is 24.1 Å². The monoisotopic (exact) mass is 263 g/mol. The molecule has 0 aromatic carbocycles. The summed E-state index contributed by atoms with van der Waals surface area (Å²) in [4.78, 5) is 20.9. The average molecular weight is 263 g/mol. The first-order chi connectivity index (χ1) is 7.93. The summed E-state index contributed by atoms with van der Waals surface area (Å²) in [5.74, 6) is 0.626. The van der Waals surface area contributed by atoms with Crippen molar-refractivity contribution < 1.29 is 19.4 Å². The minimum Gasteiger partial charge on any atom is -0.480 e. The SMILES string of the molecule is COC(C)(C)CCSCCC(NC=O)C(=O)O. The van der Waals surface area contributed by atoms with Crippen LogP contribution in [0.25, 0.3) is 0 Å². The van der Waals surface area contributed by atoms with Crippen LogP contribution in [0.4, 0.5) is 0 Å². The van der Waals surface area contributed by atoms with Gasteiger partial charge < -0.3 is 15.2 Å². The molecule has 1 amide bonds. The second-order valence-corrected chi connectivity index (χ2v) is 5.51. The lowest BCUT2D eigenvalue weighted by atomic mass is 10.1. The van der Waals surface area contributed by atoms with Crippen LogP contribution in [0, 0.1) is 0 Å². The molecular weight excluding hydrogens is 242 g/mol. The fourth-order valence-electron chi connectivity index (χ4n) is 1.08. The van der Waals surface area contributed by atoms with Gasteiger partial charge in [-0.25, -0.2) is 4.79 Å². The second kappa shape index (κ2) is 8.36. The van der Waals surface area contributed by atoms with Crippen LogP contribution < -0.4 is 5.32 Å². The molecule has 0 aromatic heterocycles. The molecule has 0 spiro atoms. The Morgan fingerprint density at radius 3 is 2.65 bits per heavy atom. The van der Waals surface area contributed by atoms with Crippen LogP contribution in [-0.4, -0.2) is 47.7 Å². The van der Waals surface area contributed by atoms with E-state index in [0.717, 1.165) is 12.2 Å². The molecule has 0 radical (unpaired) electrons. The molecule has 2 N–H and O–H groups in total. The molecular formula is C11H21NO4S. The van der Waals surface area contributed by atoms with E-state index in [1.807, 2.05) is 13.8 Å². The van der Waals surface area contributed by atoms with Crippen LogP contribution in [0.3, 0.4) is 0 Å². The Kier molecular flexibility index (Phi) is 7.99. The van der Waals surface area contributed by atoms with E-state index in [0.29, 0.717) is 18.6 Å². The zero-order chi connectivity index (χ0) is 13.3. The number of nitrogens with one attached hydrogen (secondary N) is 1.